The SMILES string of the molecule is CC.Cc1nc(C(=O)C2=CC=CCC=C2)co1. The predicted octanol–water partition coefficient (Wildman–Crippen LogP) is 3.63. The Hall–Kier alpha value is -1.90. The quantitative estimate of drug-likeness (QED) is 0.730. The first kappa shape index (κ1) is 13.2. The summed E-state index contributed by atoms with van der Waals surface area (Å²) in [6.45, 7) is 5.72. The fourth-order valence-corrected chi connectivity index (χ4v) is 1.35. The molecule has 0 fully saturated rings. The molecule has 1 aromatic heterocycles. The molecule has 0 spiro atoms. The molecule has 0 aromatic carbocycles. The largest absolute Gasteiger partial charge is 0.449 e. The highest BCUT2D eigenvalue weighted by Crippen LogP contribution is 2.12. The summed E-state index contributed by atoms with van der Waals surface area (Å²) in [4.78, 5) is 15.9. The number of nitrogens with zero attached hydrogens (tertiary/aromatic N) is 1. The van der Waals surface area contributed by atoms with E-state index in [1.54, 1.807) is 13.0 Å². The van der Waals surface area contributed by atoms with Crippen LogP contribution in [0.3, 0.4) is 0 Å². The van der Waals surface area contributed by atoms with Gasteiger partial charge in [0.2, 0.25) is 5.78 Å². The Balaban J connectivity index is 0.000000686. The number of carbonyl (C=O) groups is 1. The molecule has 1 heterocycles. The lowest BCUT2D eigenvalue weighted by Crippen LogP contribution is -2.01. The van der Waals surface area contributed by atoms with Crippen molar-refractivity contribution in [1.82, 2.24) is 4.98 Å². The fourth-order valence-electron chi connectivity index (χ4n) is 1.35. The van der Waals surface area contributed by atoms with Crippen LogP contribution in [-0.2, 0) is 0 Å². The molecule has 90 valence electrons. The summed E-state index contributed by atoms with van der Waals surface area (Å²) in [6, 6.07) is 0. The minimum Gasteiger partial charge on any atom is -0.449 e. The number of oxazole rings is 1. The molecular formula is C14H17NO2. The van der Waals surface area contributed by atoms with Gasteiger partial charge in [0.05, 0.1) is 0 Å². The van der Waals surface area contributed by atoms with Crippen LogP contribution in [0, 0.1) is 6.92 Å². The number of hydrogen-bond donors (Lipinski definition) is 0. The van der Waals surface area contributed by atoms with Gasteiger partial charge < -0.3 is 4.42 Å². The van der Waals surface area contributed by atoms with Crippen LogP contribution in [0.4, 0.5) is 0 Å². The van der Waals surface area contributed by atoms with Gasteiger partial charge in [0.15, 0.2) is 5.89 Å². The summed E-state index contributed by atoms with van der Waals surface area (Å²) in [7, 11) is 0. The number of rotatable bonds is 2. The maximum absolute atomic E-state index is 11.9. The molecule has 0 unspecified atom stereocenters. The van der Waals surface area contributed by atoms with E-state index in [-0.39, 0.29) is 5.78 Å². The van der Waals surface area contributed by atoms with Crippen molar-refractivity contribution in [3.05, 3.63) is 53.8 Å². The van der Waals surface area contributed by atoms with E-state index in [4.69, 9.17) is 4.42 Å². The van der Waals surface area contributed by atoms with Gasteiger partial charge in [-0.05, 0) is 6.42 Å². The number of Topliss-reactive ketones (excluding diaryl/α,β-unsaturated/α-hetero) is 1. The molecule has 0 N–H and O–H groups in total. The van der Waals surface area contributed by atoms with E-state index in [9.17, 15) is 4.79 Å². The van der Waals surface area contributed by atoms with Gasteiger partial charge in [0.25, 0.3) is 0 Å². The van der Waals surface area contributed by atoms with Crippen molar-refractivity contribution in [2.24, 2.45) is 0 Å². The molecule has 1 aliphatic rings. The molecule has 0 bridgehead atoms. The summed E-state index contributed by atoms with van der Waals surface area (Å²) in [6.07, 6.45) is 11.7. The Morgan fingerprint density at radius 2 is 2.12 bits per heavy atom. The number of aromatic nitrogens is 1. The van der Waals surface area contributed by atoms with Gasteiger partial charge in [-0.3, -0.25) is 4.79 Å². The second-order valence-corrected chi connectivity index (χ2v) is 3.27. The van der Waals surface area contributed by atoms with Gasteiger partial charge in [-0.15, -0.1) is 0 Å². The molecule has 0 atom stereocenters. The van der Waals surface area contributed by atoms with E-state index in [0.29, 0.717) is 17.2 Å². The van der Waals surface area contributed by atoms with Gasteiger partial charge in [-0.2, -0.15) is 0 Å². The average Bonchev–Trinajstić information content (AvgIpc) is 2.64. The molecule has 3 heteroatoms. The maximum atomic E-state index is 11.9. The Morgan fingerprint density at radius 1 is 1.35 bits per heavy atom. The van der Waals surface area contributed by atoms with Crippen molar-refractivity contribution in [2.45, 2.75) is 27.2 Å². The predicted molar refractivity (Wildman–Crippen MR) is 67.9 cm³/mol. The van der Waals surface area contributed by atoms with Gasteiger partial charge >= 0.3 is 0 Å². The lowest BCUT2D eigenvalue weighted by Gasteiger charge is -1.94. The van der Waals surface area contributed by atoms with Crippen LogP contribution in [-0.4, -0.2) is 10.8 Å². The number of hydrogen-bond acceptors (Lipinski definition) is 3. The minimum atomic E-state index is -0.102. The lowest BCUT2D eigenvalue weighted by molar-refractivity contribution is 0.103. The first-order chi connectivity index (χ1) is 8.27. The zero-order chi connectivity index (χ0) is 12.7. The summed E-state index contributed by atoms with van der Waals surface area (Å²) < 4.78 is 5.01. The number of ketones is 1. The van der Waals surface area contributed by atoms with Crippen LogP contribution in [0.2, 0.25) is 0 Å². The van der Waals surface area contributed by atoms with Crippen LogP contribution >= 0.6 is 0 Å². The average molecular weight is 231 g/mol. The van der Waals surface area contributed by atoms with E-state index < -0.39 is 0 Å². The molecule has 0 radical (unpaired) electrons. The van der Waals surface area contributed by atoms with E-state index in [2.05, 4.69) is 4.98 Å². The summed E-state index contributed by atoms with van der Waals surface area (Å²) in [5.41, 5.74) is 0.996. The first-order valence-electron chi connectivity index (χ1n) is 5.77. The number of carbonyl (C=O) groups excluding carboxylic acids is 1. The molecular weight excluding hydrogens is 214 g/mol. The van der Waals surface area contributed by atoms with E-state index in [1.165, 1.54) is 6.26 Å². The van der Waals surface area contributed by atoms with Gasteiger partial charge in [0, 0.05) is 12.5 Å². The Kier molecular flexibility index (Phi) is 5.14. The number of aryl methyl sites for hydroxylation is 1. The molecule has 0 saturated carbocycles. The van der Waals surface area contributed by atoms with Gasteiger partial charge in [-0.25, -0.2) is 4.98 Å². The van der Waals surface area contributed by atoms with Crippen LogP contribution in [0.15, 0.2) is 46.6 Å². The third-order valence-corrected chi connectivity index (χ3v) is 2.10. The second kappa shape index (κ2) is 6.63. The summed E-state index contributed by atoms with van der Waals surface area (Å²) in [5, 5.41) is 0. The van der Waals surface area contributed by atoms with Crippen molar-refractivity contribution < 1.29 is 9.21 Å². The Bertz CT molecular complexity index is 464. The lowest BCUT2D eigenvalue weighted by atomic mass is 10.1. The highest BCUT2D eigenvalue weighted by molar-refractivity contribution is 6.09. The highest BCUT2D eigenvalue weighted by atomic mass is 16.3. The van der Waals surface area contributed by atoms with Crippen molar-refractivity contribution in [1.29, 1.82) is 0 Å². The molecule has 2 rings (SSSR count). The van der Waals surface area contributed by atoms with Crippen molar-refractivity contribution in [3.8, 4) is 0 Å². The van der Waals surface area contributed by atoms with Crippen LogP contribution in [0.5, 0.6) is 0 Å². The fraction of sp³-hybridized carbons (Fsp3) is 0.286. The number of allylic oxidation sites excluding steroid dienone is 6. The smallest absolute Gasteiger partial charge is 0.214 e. The molecule has 0 amide bonds. The molecule has 17 heavy (non-hydrogen) atoms. The molecule has 0 aliphatic heterocycles. The minimum absolute atomic E-state index is 0.102. The van der Waals surface area contributed by atoms with E-state index >= 15 is 0 Å². The summed E-state index contributed by atoms with van der Waals surface area (Å²) in [5.74, 6) is 0.404. The second-order valence-electron chi connectivity index (χ2n) is 3.27. The maximum Gasteiger partial charge on any atom is 0.214 e. The van der Waals surface area contributed by atoms with Gasteiger partial charge in [-0.1, -0.05) is 44.2 Å². The van der Waals surface area contributed by atoms with Crippen molar-refractivity contribution in [3.63, 3.8) is 0 Å². The normalized spacial score (nSPS) is 13.5. The van der Waals surface area contributed by atoms with E-state index in [1.807, 2.05) is 38.2 Å². The zero-order valence-corrected chi connectivity index (χ0v) is 10.4. The topological polar surface area (TPSA) is 43.1 Å². The molecule has 3 nitrogen and oxygen atoms in total. The highest BCUT2D eigenvalue weighted by Gasteiger charge is 2.13. The molecule has 0 saturated heterocycles. The van der Waals surface area contributed by atoms with Crippen LogP contribution in [0.1, 0.15) is 36.6 Å². The van der Waals surface area contributed by atoms with Crippen molar-refractivity contribution in [2.75, 3.05) is 0 Å². The third kappa shape index (κ3) is 3.55. The molecule has 1 aromatic rings. The van der Waals surface area contributed by atoms with Crippen LogP contribution in [0.25, 0.3) is 0 Å². The van der Waals surface area contributed by atoms with Crippen molar-refractivity contribution >= 4 is 5.78 Å². The van der Waals surface area contributed by atoms with Gasteiger partial charge in [0.1, 0.15) is 12.0 Å². The monoisotopic (exact) mass is 231 g/mol. The van der Waals surface area contributed by atoms with E-state index in [0.717, 1.165) is 6.42 Å². The Labute approximate surface area is 102 Å². The first-order valence-corrected chi connectivity index (χ1v) is 5.77. The standard InChI is InChI=1S/C12H11NO2.C2H6/c1-9-13-11(8-15-9)12(14)10-6-4-2-3-5-7-10;1-2/h2,4-8H,3H2,1H3;1-2H3. The summed E-state index contributed by atoms with van der Waals surface area (Å²) >= 11 is 0. The zero-order valence-electron chi connectivity index (χ0n) is 10.4. The third-order valence-electron chi connectivity index (χ3n) is 2.10. The molecule has 1 aliphatic carbocycles. The Morgan fingerprint density at radius 3 is 2.76 bits per heavy atom. The van der Waals surface area contributed by atoms with Crippen LogP contribution < -0.4 is 0 Å².